The molecule has 0 heterocycles. The molecule has 0 unspecified atom stereocenters. The second kappa shape index (κ2) is 12.1. The molecule has 1 amide bonds. The summed E-state index contributed by atoms with van der Waals surface area (Å²) < 4.78 is 5.14. The fraction of sp³-hybridized carbons (Fsp3) is 0.500. The lowest BCUT2D eigenvalue weighted by molar-refractivity contribution is -0.130. The maximum absolute atomic E-state index is 11.9. The molecular weight excluding hydrogens is 407 g/mol. The van der Waals surface area contributed by atoms with Gasteiger partial charge < -0.3 is 20.7 Å². The molecule has 1 aromatic carbocycles. The molecule has 1 rings (SSSR count). The number of amides is 1. The van der Waals surface area contributed by atoms with Crippen molar-refractivity contribution in [1.29, 1.82) is 0 Å². The molecule has 3 N–H and O–H groups in total. The number of para-hydroxylation sites is 1. The summed E-state index contributed by atoms with van der Waals surface area (Å²) in [6.07, 6.45) is 0.365. The van der Waals surface area contributed by atoms with E-state index in [-0.39, 0.29) is 29.9 Å². The number of aliphatic imine (C=N–C) groups is 1. The number of nitrogens with zero attached hydrogens (tertiary/aromatic N) is 2. The van der Waals surface area contributed by atoms with Gasteiger partial charge in [0, 0.05) is 37.9 Å². The summed E-state index contributed by atoms with van der Waals surface area (Å²) in [5, 5.41) is 3.05. The minimum absolute atomic E-state index is 0. The normalized spacial score (nSPS) is 10.8. The summed E-state index contributed by atoms with van der Waals surface area (Å²) in [6.45, 7) is 6.24. The van der Waals surface area contributed by atoms with Gasteiger partial charge in [-0.15, -0.1) is 24.0 Å². The lowest BCUT2D eigenvalue weighted by Gasteiger charge is -2.17. The molecule has 0 aliphatic carbocycles. The molecule has 0 atom stereocenters. The van der Waals surface area contributed by atoms with E-state index in [4.69, 9.17) is 10.5 Å². The lowest BCUT2D eigenvalue weighted by Crippen LogP contribution is -2.31. The average molecular weight is 434 g/mol. The molecule has 0 fully saturated rings. The van der Waals surface area contributed by atoms with Gasteiger partial charge in [-0.05, 0) is 19.9 Å². The first-order chi connectivity index (χ1) is 10.6. The van der Waals surface area contributed by atoms with Crippen molar-refractivity contribution in [1.82, 2.24) is 4.90 Å². The molecule has 23 heavy (non-hydrogen) atoms. The maximum atomic E-state index is 11.9. The topological polar surface area (TPSA) is 80.0 Å². The molecule has 0 saturated heterocycles. The van der Waals surface area contributed by atoms with E-state index in [1.807, 2.05) is 38.1 Å². The van der Waals surface area contributed by atoms with Crippen molar-refractivity contribution >= 4 is 41.5 Å². The van der Waals surface area contributed by atoms with Gasteiger partial charge in [-0.1, -0.05) is 18.2 Å². The van der Waals surface area contributed by atoms with Crippen LogP contribution in [0.3, 0.4) is 0 Å². The summed E-state index contributed by atoms with van der Waals surface area (Å²) in [4.78, 5) is 17.9. The van der Waals surface area contributed by atoms with Gasteiger partial charge in [0.05, 0.1) is 13.2 Å². The molecule has 0 radical (unpaired) electrons. The second-order valence-corrected chi connectivity index (χ2v) is 4.80. The number of benzene rings is 1. The molecule has 0 aliphatic heterocycles. The van der Waals surface area contributed by atoms with Gasteiger partial charge in [-0.3, -0.25) is 9.79 Å². The Morgan fingerprint density at radius 3 is 2.57 bits per heavy atom. The smallest absolute Gasteiger partial charge is 0.224 e. The minimum Gasteiger partial charge on any atom is -0.380 e. The zero-order valence-electron chi connectivity index (χ0n) is 14.0. The Balaban J connectivity index is 0.00000484. The summed E-state index contributed by atoms with van der Waals surface area (Å²) in [7, 11) is 1.65. The van der Waals surface area contributed by atoms with Crippen molar-refractivity contribution in [3.63, 3.8) is 0 Å². The third kappa shape index (κ3) is 7.65. The molecule has 1 aromatic rings. The van der Waals surface area contributed by atoms with Crippen LogP contribution < -0.4 is 11.1 Å². The number of carbonyl (C=O) groups excluding carboxylic acids is 1. The van der Waals surface area contributed by atoms with Crippen LogP contribution in [0.2, 0.25) is 0 Å². The van der Waals surface area contributed by atoms with Crippen LogP contribution in [0, 0.1) is 0 Å². The SMILES string of the molecule is CCN(CC)C(=O)CCN=C(N)Nc1ccccc1COC.I. The van der Waals surface area contributed by atoms with Crippen LogP contribution in [0.4, 0.5) is 5.69 Å². The molecule has 0 saturated carbocycles. The molecule has 130 valence electrons. The molecule has 0 spiro atoms. The Bertz CT molecular complexity index is 505. The zero-order chi connectivity index (χ0) is 16.4. The van der Waals surface area contributed by atoms with Crippen molar-refractivity contribution in [3.8, 4) is 0 Å². The second-order valence-electron chi connectivity index (χ2n) is 4.80. The number of hydrogen-bond acceptors (Lipinski definition) is 3. The highest BCUT2D eigenvalue weighted by Crippen LogP contribution is 2.15. The van der Waals surface area contributed by atoms with Crippen LogP contribution in [0.5, 0.6) is 0 Å². The van der Waals surface area contributed by atoms with E-state index in [1.165, 1.54) is 0 Å². The first-order valence-corrected chi connectivity index (χ1v) is 7.53. The number of anilines is 1. The summed E-state index contributed by atoms with van der Waals surface area (Å²) in [6, 6.07) is 7.73. The third-order valence-corrected chi connectivity index (χ3v) is 3.30. The number of nitrogens with two attached hydrogens (primary N) is 1. The summed E-state index contributed by atoms with van der Waals surface area (Å²) >= 11 is 0. The van der Waals surface area contributed by atoms with Crippen LogP contribution in [-0.4, -0.2) is 43.5 Å². The highest BCUT2D eigenvalue weighted by atomic mass is 127. The van der Waals surface area contributed by atoms with E-state index >= 15 is 0 Å². The number of hydrogen-bond donors (Lipinski definition) is 2. The predicted molar refractivity (Wildman–Crippen MR) is 105 cm³/mol. The summed E-state index contributed by atoms with van der Waals surface area (Å²) in [5.74, 6) is 0.400. The number of rotatable bonds is 8. The summed E-state index contributed by atoms with van der Waals surface area (Å²) in [5.41, 5.74) is 7.74. The monoisotopic (exact) mass is 434 g/mol. The number of halogens is 1. The van der Waals surface area contributed by atoms with E-state index in [2.05, 4.69) is 10.3 Å². The van der Waals surface area contributed by atoms with Crippen LogP contribution in [0.25, 0.3) is 0 Å². The standard InChI is InChI=1S/C16H26N4O2.HI/c1-4-20(5-2)15(21)10-11-18-16(17)19-14-9-7-6-8-13(14)12-22-3;/h6-9H,4-5,10-12H2,1-3H3,(H3,17,18,19);1H. The quantitative estimate of drug-likeness (QED) is 0.374. The molecule has 0 aliphatic rings. The Kier molecular flexibility index (Phi) is 11.4. The first-order valence-electron chi connectivity index (χ1n) is 7.53. The average Bonchev–Trinajstić information content (AvgIpc) is 2.50. The number of guanidine groups is 1. The van der Waals surface area contributed by atoms with Crippen molar-refractivity contribution in [3.05, 3.63) is 29.8 Å². The first kappa shape index (κ1) is 21.6. The van der Waals surface area contributed by atoms with Gasteiger partial charge in [-0.2, -0.15) is 0 Å². The third-order valence-electron chi connectivity index (χ3n) is 3.30. The Morgan fingerprint density at radius 1 is 1.30 bits per heavy atom. The van der Waals surface area contributed by atoms with Gasteiger partial charge in [0.2, 0.25) is 5.91 Å². The van der Waals surface area contributed by atoms with Crippen LogP contribution in [0.1, 0.15) is 25.8 Å². The van der Waals surface area contributed by atoms with E-state index in [0.717, 1.165) is 24.3 Å². The van der Waals surface area contributed by atoms with Gasteiger partial charge >= 0.3 is 0 Å². The lowest BCUT2D eigenvalue weighted by atomic mass is 10.2. The van der Waals surface area contributed by atoms with Crippen LogP contribution in [0.15, 0.2) is 29.3 Å². The molecule has 7 heteroatoms. The molecule has 0 aromatic heterocycles. The van der Waals surface area contributed by atoms with Crippen molar-refractivity contribution in [2.45, 2.75) is 26.9 Å². The zero-order valence-corrected chi connectivity index (χ0v) is 16.4. The van der Waals surface area contributed by atoms with Crippen molar-refractivity contribution in [2.75, 3.05) is 32.1 Å². The largest absolute Gasteiger partial charge is 0.380 e. The van der Waals surface area contributed by atoms with Crippen LogP contribution in [-0.2, 0) is 16.1 Å². The maximum Gasteiger partial charge on any atom is 0.224 e. The number of ether oxygens (including phenoxy) is 1. The molecule has 0 bridgehead atoms. The fourth-order valence-electron chi connectivity index (χ4n) is 2.11. The van der Waals surface area contributed by atoms with Gasteiger partial charge in [0.15, 0.2) is 5.96 Å². The Labute approximate surface area is 155 Å². The van der Waals surface area contributed by atoms with Crippen molar-refractivity contribution in [2.24, 2.45) is 10.7 Å². The Morgan fingerprint density at radius 2 is 1.96 bits per heavy atom. The molecule has 6 nitrogen and oxygen atoms in total. The van der Waals surface area contributed by atoms with E-state index < -0.39 is 0 Å². The molecular formula is C16H27IN4O2. The number of methoxy groups -OCH3 is 1. The number of nitrogens with one attached hydrogen (secondary N) is 1. The Hall–Kier alpha value is -1.35. The number of carbonyl (C=O) groups is 1. The van der Waals surface area contributed by atoms with E-state index in [0.29, 0.717) is 25.5 Å². The highest BCUT2D eigenvalue weighted by molar-refractivity contribution is 14.0. The van der Waals surface area contributed by atoms with Gasteiger partial charge in [0.1, 0.15) is 0 Å². The van der Waals surface area contributed by atoms with Crippen molar-refractivity contribution < 1.29 is 9.53 Å². The van der Waals surface area contributed by atoms with E-state index in [1.54, 1.807) is 12.0 Å². The van der Waals surface area contributed by atoms with Crippen LogP contribution >= 0.6 is 24.0 Å². The van der Waals surface area contributed by atoms with Gasteiger partial charge in [0.25, 0.3) is 0 Å². The fourth-order valence-corrected chi connectivity index (χ4v) is 2.11. The van der Waals surface area contributed by atoms with E-state index in [9.17, 15) is 4.79 Å². The minimum atomic E-state index is 0. The van der Waals surface area contributed by atoms with Gasteiger partial charge in [-0.25, -0.2) is 0 Å². The predicted octanol–water partition coefficient (Wildman–Crippen LogP) is 2.44. The highest BCUT2D eigenvalue weighted by Gasteiger charge is 2.08.